The Labute approximate surface area is 108 Å². The van der Waals surface area contributed by atoms with E-state index >= 15 is 0 Å². The summed E-state index contributed by atoms with van der Waals surface area (Å²) in [6.45, 7) is 3.63. The van der Waals surface area contributed by atoms with Crippen LogP contribution in [0.15, 0.2) is 35.2 Å². The van der Waals surface area contributed by atoms with E-state index in [0.717, 1.165) is 17.9 Å². The van der Waals surface area contributed by atoms with E-state index in [1.165, 1.54) is 6.07 Å². The maximum atomic E-state index is 13.0. The third-order valence-corrected chi connectivity index (χ3v) is 3.14. The highest BCUT2D eigenvalue weighted by atomic mass is 79.9. The number of anilines is 1. The van der Waals surface area contributed by atoms with Crippen LogP contribution >= 0.6 is 15.9 Å². The molecule has 1 N–H and O–H groups in total. The third-order valence-electron chi connectivity index (χ3n) is 2.53. The van der Waals surface area contributed by atoms with E-state index < -0.39 is 0 Å². The fraction of sp³-hybridized carbons (Fsp3) is 0.250. The first-order chi connectivity index (χ1) is 8.20. The Morgan fingerprint density at radius 2 is 2.29 bits per heavy atom. The normalized spacial score (nSPS) is 10.5. The van der Waals surface area contributed by atoms with Crippen LogP contribution in [0.4, 0.5) is 10.1 Å². The van der Waals surface area contributed by atoms with Gasteiger partial charge in [0.15, 0.2) is 0 Å². The summed E-state index contributed by atoms with van der Waals surface area (Å²) in [6, 6.07) is 4.87. The summed E-state index contributed by atoms with van der Waals surface area (Å²) in [6.07, 6.45) is 3.63. The first kappa shape index (κ1) is 12.1. The highest BCUT2D eigenvalue weighted by molar-refractivity contribution is 9.10. The molecule has 2 rings (SSSR count). The van der Waals surface area contributed by atoms with Crippen molar-refractivity contribution >= 4 is 21.6 Å². The van der Waals surface area contributed by atoms with Gasteiger partial charge in [-0.25, -0.2) is 9.37 Å². The van der Waals surface area contributed by atoms with Gasteiger partial charge in [0.05, 0.1) is 23.0 Å². The second-order valence-electron chi connectivity index (χ2n) is 3.65. The molecule has 3 nitrogen and oxygen atoms in total. The molecule has 1 aromatic heterocycles. The van der Waals surface area contributed by atoms with Crippen molar-refractivity contribution in [2.45, 2.75) is 20.0 Å². The van der Waals surface area contributed by atoms with Crippen molar-refractivity contribution in [1.29, 1.82) is 0 Å². The molecule has 0 aliphatic heterocycles. The fourth-order valence-corrected chi connectivity index (χ4v) is 1.96. The Hall–Kier alpha value is -1.36. The second kappa shape index (κ2) is 5.31. The predicted octanol–water partition coefficient (Wildman–Crippen LogP) is 3.42. The molecule has 0 aliphatic carbocycles. The maximum Gasteiger partial charge on any atom is 0.137 e. The van der Waals surface area contributed by atoms with Gasteiger partial charge >= 0.3 is 0 Å². The first-order valence-corrected chi connectivity index (χ1v) is 6.18. The van der Waals surface area contributed by atoms with Gasteiger partial charge in [-0.05, 0) is 41.1 Å². The van der Waals surface area contributed by atoms with Crippen molar-refractivity contribution in [1.82, 2.24) is 9.55 Å². The highest BCUT2D eigenvalue weighted by Gasteiger charge is 2.02. The summed E-state index contributed by atoms with van der Waals surface area (Å²) < 4.78 is 15.6. The molecule has 0 aliphatic rings. The molecule has 1 aromatic carbocycles. The van der Waals surface area contributed by atoms with Crippen LogP contribution in [-0.2, 0) is 13.1 Å². The van der Waals surface area contributed by atoms with Crippen LogP contribution in [0.2, 0.25) is 0 Å². The quantitative estimate of drug-likeness (QED) is 0.937. The van der Waals surface area contributed by atoms with Crippen LogP contribution in [-0.4, -0.2) is 9.55 Å². The number of aryl methyl sites for hydroxylation is 1. The molecule has 0 atom stereocenters. The lowest BCUT2D eigenvalue weighted by Gasteiger charge is -2.08. The number of aromatic nitrogens is 2. The second-order valence-corrected chi connectivity index (χ2v) is 4.51. The molecule has 5 heteroatoms. The van der Waals surface area contributed by atoms with E-state index in [2.05, 4.69) is 37.7 Å². The summed E-state index contributed by atoms with van der Waals surface area (Å²) >= 11 is 3.16. The van der Waals surface area contributed by atoms with Crippen molar-refractivity contribution in [3.63, 3.8) is 0 Å². The average molecular weight is 298 g/mol. The number of halogens is 2. The van der Waals surface area contributed by atoms with Gasteiger partial charge in [0.1, 0.15) is 5.82 Å². The number of benzene rings is 1. The zero-order valence-corrected chi connectivity index (χ0v) is 11.0. The van der Waals surface area contributed by atoms with Crippen LogP contribution in [0.3, 0.4) is 0 Å². The van der Waals surface area contributed by atoms with Crippen LogP contribution in [0.5, 0.6) is 0 Å². The highest BCUT2D eigenvalue weighted by Crippen LogP contribution is 2.20. The monoisotopic (exact) mass is 297 g/mol. The topological polar surface area (TPSA) is 29.9 Å². The Morgan fingerprint density at radius 3 is 3.00 bits per heavy atom. The van der Waals surface area contributed by atoms with E-state index in [4.69, 9.17) is 0 Å². The number of nitrogens with one attached hydrogen (secondary N) is 1. The summed E-state index contributed by atoms with van der Waals surface area (Å²) in [4.78, 5) is 4.09. The minimum absolute atomic E-state index is 0.255. The Morgan fingerprint density at radius 1 is 1.47 bits per heavy atom. The SMILES string of the molecule is CCn1cncc1CNc1ccc(F)c(Br)c1. The molecular formula is C12H13BrFN3. The van der Waals surface area contributed by atoms with Gasteiger partial charge in [0.2, 0.25) is 0 Å². The van der Waals surface area contributed by atoms with E-state index in [0.29, 0.717) is 11.0 Å². The van der Waals surface area contributed by atoms with E-state index in [1.54, 1.807) is 18.5 Å². The minimum atomic E-state index is -0.255. The molecule has 17 heavy (non-hydrogen) atoms. The molecule has 0 unspecified atom stereocenters. The molecular weight excluding hydrogens is 285 g/mol. The molecule has 0 amide bonds. The summed E-state index contributed by atoms with van der Waals surface area (Å²) in [5, 5.41) is 3.23. The van der Waals surface area contributed by atoms with Crippen molar-refractivity contribution in [2.24, 2.45) is 0 Å². The molecule has 0 radical (unpaired) electrons. The summed E-state index contributed by atoms with van der Waals surface area (Å²) in [5.74, 6) is -0.255. The molecule has 0 saturated heterocycles. The van der Waals surface area contributed by atoms with Crippen LogP contribution in [0.25, 0.3) is 0 Å². The zero-order chi connectivity index (χ0) is 12.3. The molecule has 1 heterocycles. The van der Waals surface area contributed by atoms with E-state index in [9.17, 15) is 4.39 Å². The lowest BCUT2D eigenvalue weighted by Crippen LogP contribution is -2.05. The fourth-order valence-electron chi connectivity index (χ4n) is 1.58. The van der Waals surface area contributed by atoms with Crippen molar-refractivity contribution < 1.29 is 4.39 Å². The molecule has 0 spiro atoms. The number of hydrogen-bond acceptors (Lipinski definition) is 2. The van der Waals surface area contributed by atoms with Gasteiger partial charge in [0, 0.05) is 18.4 Å². The Kier molecular flexibility index (Phi) is 3.78. The average Bonchev–Trinajstić information content (AvgIpc) is 2.78. The van der Waals surface area contributed by atoms with Gasteiger partial charge < -0.3 is 9.88 Å². The maximum absolute atomic E-state index is 13.0. The smallest absolute Gasteiger partial charge is 0.137 e. The molecule has 90 valence electrons. The van der Waals surface area contributed by atoms with Crippen molar-refractivity contribution in [3.8, 4) is 0 Å². The minimum Gasteiger partial charge on any atom is -0.379 e. The molecule has 0 fully saturated rings. The summed E-state index contributed by atoms with van der Waals surface area (Å²) in [7, 11) is 0. The number of hydrogen-bond donors (Lipinski definition) is 1. The van der Waals surface area contributed by atoms with Gasteiger partial charge in [-0.3, -0.25) is 0 Å². The van der Waals surface area contributed by atoms with Gasteiger partial charge in [-0.1, -0.05) is 0 Å². The predicted molar refractivity (Wildman–Crippen MR) is 69.3 cm³/mol. The molecule has 0 bridgehead atoms. The first-order valence-electron chi connectivity index (χ1n) is 5.38. The standard InChI is InChI=1S/C12H13BrFN3/c1-2-17-8-15-6-10(17)7-16-9-3-4-12(14)11(13)5-9/h3-6,8,16H,2,7H2,1H3. The lowest BCUT2D eigenvalue weighted by atomic mass is 10.3. The van der Waals surface area contributed by atoms with Crippen molar-refractivity contribution in [2.75, 3.05) is 5.32 Å². The molecule has 0 saturated carbocycles. The number of rotatable bonds is 4. The van der Waals surface area contributed by atoms with Crippen LogP contribution in [0, 0.1) is 5.82 Å². The van der Waals surface area contributed by atoms with Gasteiger partial charge in [-0.15, -0.1) is 0 Å². The Balaban J connectivity index is 2.05. The van der Waals surface area contributed by atoms with Crippen LogP contribution < -0.4 is 5.32 Å². The van der Waals surface area contributed by atoms with E-state index in [-0.39, 0.29) is 5.82 Å². The van der Waals surface area contributed by atoms with Gasteiger partial charge in [0.25, 0.3) is 0 Å². The van der Waals surface area contributed by atoms with E-state index in [1.807, 2.05) is 6.20 Å². The summed E-state index contributed by atoms with van der Waals surface area (Å²) in [5.41, 5.74) is 1.98. The van der Waals surface area contributed by atoms with Crippen LogP contribution in [0.1, 0.15) is 12.6 Å². The number of imidazole rings is 1. The van der Waals surface area contributed by atoms with Crippen molar-refractivity contribution in [3.05, 3.63) is 46.7 Å². The van der Waals surface area contributed by atoms with Gasteiger partial charge in [-0.2, -0.15) is 0 Å². The number of nitrogens with zero attached hydrogens (tertiary/aromatic N) is 2. The largest absolute Gasteiger partial charge is 0.379 e. The third kappa shape index (κ3) is 2.85. The lowest BCUT2D eigenvalue weighted by molar-refractivity contribution is 0.621. The zero-order valence-electron chi connectivity index (χ0n) is 9.45. The molecule has 2 aromatic rings. The Bertz CT molecular complexity index is 510.